The van der Waals surface area contributed by atoms with Gasteiger partial charge in [0, 0.05) is 17.8 Å². The van der Waals surface area contributed by atoms with Crippen molar-refractivity contribution in [2.75, 3.05) is 11.9 Å². The van der Waals surface area contributed by atoms with Gasteiger partial charge < -0.3 is 15.2 Å². The van der Waals surface area contributed by atoms with Gasteiger partial charge >= 0.3 is 0 Å². The molecule has 0 aliphatic rings. The number of hydrogen-bond donors (Lipinski definition) is 2. The topological polar surface area (TPSA) is 41.5 Å². The molecular formula is C16H14ClNO2. The van der Waals surface area contributed by atoms with Gasteiger partial charge in [0.15, 0.2) is 0 Å². The highest BCUT2D eigenvalue weighted by Crippen LogP contribution is 2.27. The van der Waals surface area contributed by atoms with Crippen molar-refractivity contribution in [2.24, 2.45) is 0 Å². The molecule has 2 N–H and O–H groups in total. The summed E-state index contributed by atoms with van der Waals surface area (Å²) in [6.45, 7) is 0.809. The fraction of sp³-hybridized carbons (Fsp3) is 0.125. The summed E-state index contributed by atoms with van der Waals surface area (Å²) in [5.74, 6) is 3.26. The van der Waals surface area contributed by atoms with Crippen molar-refractivity contribution < 1.29 is 9.84 Å². The van der Waals surface area contributed by atoms with Crippen LogP contribution in [-0.2, 0) is 6.54 Å². The fourth-order valence-electron chi connectivity index (χ4n) is 1.72. The number of halogens is 1. The molecule has 0 saturated carbocycles. The Morgan fingerprint density at radius 2 is 2.05 bits per heavy atom. The summed E-state index contributed by atoms with van der Waals surface area (Å²) < 4.78 is 5.48. The molecule has 0 amide bonds. The van der Waals surface area contributed by atoms with Crippen LogP contribution in [0.5, 0.6) is 11.5 Å². The Kier molecular flexibility index (Phi) is 4.75. The zero-order valence-corrected chi connectivity index (χ0v) is 11.5. The number of phenolic OH excluding ortho intramolecular Hbond substituents is 1. The van der Waals surface area contributed by atoms with Gasteiger partial charge in [-0.25, -0.2) is 0 Å². The quantitative estimate of drug-likeness (QED) is 0.651. The number of nitrogens with one attached hydrogen (secondary N) is 1. The number of anilines is 1. The third kappa shape index (κ3) is 3.59. The van der Waals surface area contributed by atoms with Crippen LogP contribution >= 0.6 is 11.6 Å². The molecule has 0 atom stereocenters. The Morgan fingerprint density at radius 1 is 1.25 bits per heavy atom. The maximum absolute atomic E-state index is 9.37. The van der Waals surface area contributed by atoms with Gasteiger partial charge in [-0.15, -0.1) is 6.42 Å². The van der Waals surface area contributed by atoms with E-state index in [-0.39, 0.29) is 12.4 Å². The zero-order valence-electron chi connectivity index (χ0n) is 10.8. The van der Waals surface area contributed by atoms with E-state index >= 15 is 0 Å². The van der Waals surface area contributed by atoms with Crippen molar-refractivity contribution in [3.05, 3.63) is 53.1 Å². The van der Waals surface area contributed by atoms with Crippen molar-refractivity contribution in [1.29, 1.82) is 0 Å². The lowest BCUT2D eigenvalue weighted by molar-refractivity contribution is 0.366. The van der Waals surface area contributed by atoms with E-state index in [1.807, 2.05) is 24.3 Å². The van der Waals surface area contributed by atoms with E-state index in [1.54, 1.807) is 18.2 Å². The molecule has 0 saturated heterocycles. The van der Waals surface area contributed by atoms with Crippen LogP contribution in [0.15, 0.2) is 42.5 Å². The number of rotatable bonds is 5. The Bertz CT molecular complexity index is 635. The summed E-state index contributed by atoms with van der Waals surface area (Å²) in [6, 6.07) is 12.6. The first-order valence-electron chi connectivity index (χ1n) is 6.07. The van der Waals surface area contributed by atoms with E-state index < -0.39 is 0 Å². The summed E-state index contributed by atoms with van der Waals surface area (Å²) in [5, 5.41) is 12.9. The molecule has 0 aliphatic heterocycles. The summed E-state index contributed by atoms with van der Waals surface area (Å²) in [6.07, 6.45) is 5.19. The fourth-order valence-corrected chi connectivity index (χ4v) is 1.90. The largest absolute Gasteiger partial charge is 0.506 e. The standard InChI is InChI=1S/C16H14ClNO2/c1-2-9-20-16-6-4-3-5-12(16)11-18-13-7-8-15(19)14(17)10-13/h1,3-8,10,18-19H,9,11H2. The van der Waals surface area contributed by atoms with Crippen LogP contribution in [-0.4, -0.2) is 11.7 Å². The zero-order chi connectivity index (χ0) is 14.4. The minimum absolute atomic E-state index is 0.0648. The van der Waals surface area contributed by atoms with Crippen molar-refractivity contribution in [3.63, 3.8) is 0 Å². The highest BCUT2D eigenvalue weighted by molar-refractivity contribution is 6.32. The molecule has 102 valence electrons. The van der Waals surface area contributed by atoms with Crippen molar-refractivity contribution in [3.8, 4) is 23.8 Å². The summed E-state index contributed by atoms with van der Waals surface area (Å²) >= 11 is 5.86. The molecule has 2 rings (SSSR count). The number of hydrogen-bond acceptors (Lipinski definition) is 3. The van der Waals surface area contributed by atoms with E-state index in [1.165, 1.54) is 0 Å². The van der Waals surface area contributed by atoms with Gasteiger partial charge in [0.05, 0.1) is 5.02 Å². The van der Waals surface area contributed by atoms with Crippen LogP contribution in [0.1, 0.15) is 5.56 Å². The second-order valence-electron chi connectivity index (χ2n) is 4.12. The van der Waals surface area contributed by atoms with E-state index in [2.05, 4.69) is 11.2 Å². The normalized spacial score (nSPS) is 9.80. The Morgan fingerprint density at radius 3 is 2.80 bits per heavy atom. The van der Waals surface area contributed by atoms with Gasteiger partial charge in [0.25, 0.3) is 0 Å². The number of benzene rings is 2. The number of phenols is 1. The van der Waals surface area contributed by atoms with Crippen molar-refractivity contribution >= 4 is 17.3 Å². The van der Waals surface area contributed by atoms with Crippen LogP contribution < -0.4 is 10.1 Å². The van der Waals surface area contributed by atoms with E-state index in [9.17, 15) is 5.11 Å². The minimum Gasteiger partial charge on any atom is -0.506 e. The lowest BCUT2D eigenvalue weighted by Crippen LogP contribution is -2.03. The lowest BCUT2D eigenvalue weighted by Gasteiger charge is -2.11. The smallest absolute Gasteiger partial charge is 0.148 e. The first-order chi connectivity index (χ1) is 9.70. The lowest BCUT2D eigenvalue weighted by atomic mass is 10.2. The molecule has 0 heterocycles. The number of ether oxygens (including phenoxy) is 1. The van der Waals surface area contributed by atoms with Crippen LogP contribution in [0.3, 0.4) is 0 Å². The second kappa shape index (κ2) is 6.74. The van der Waals surface area contributed by atoms with Crippen LogP contribution in [0.25, 0.3) is 0 Å². The van der Waals surface area contributed by atoms with Crippen LogP contribution in [0, 0.1) is 12.3 Å². The molecule has 0 bridgehead atoms. The molecule has 0 radical (unpaired) electrons. The molecule has 0 spiro atoms. The van der Waals surface area contributed by atoms with E-state index in [0.717, 1.165) is 17.0 Å². The Balaban J connectivity index is 2.06. The van der Waals surface area contributed by atoms with Crippen molar-refractivity contribution in [2.45, 2.75) is 6.54 Å². The van der Waals surface area contributed by atoms with Gasteiger partial charge in [-0.1, -0.05) is 35.7 Å². The highest BCUT2D eigenvalue weighted by atomic mass is 35.5. The van der Waals surface area contributed by atoms with E-state index in [0.29, 0.717) is 11.6 Å². The van der Waals surface area contributed by atoms with Crippen LogP contribution in [0.2, 0.25) is 5.02 Å². The SMILES string of the molecule is C#CCOc1ccccc1CNc1ccc(O)c(Cl)c1. The number of para-hydroxylation sites is 1. The van der Waals surface area contributed by atoms with E-state index in [4.69, 9.17) is 22.8 Å². The molecule has 20 heavy (non-hydrogen) atoms. The molecular weight excluding hydrogens is 274 g/mol. The maximum atomic E-state index is 9.37. The first-order valence-corrected chi connectivity index (χ1v) is 6.45. The molecule has 3 nitrogen and oxygen atoms in total. The number of terminal acetylenes is 1. The van der Waals surface area contributed by atoms with Gasteiger partial charge in [-0.3, -0.25) is 0 Å². The third-order valence-corrected chi connectivity index (χ3v) is 3.02. The third-order valence-electron chi connectivity index (χ3n) is 2.71. The van der Waals surface area contributed by atoms with Gasteiger partial charge in [0.2, 0.25) is 0 Å². The predicted octanol–water partition coefficient (Wildman–Crippen LogP) is 3.67. The Labute approximate surface area is 123 Å². The maximum Gasteiger partial charge on any atom is 0.148 e. The summed E-state index contributed by atoms with van der Waals surface area (Å²) in [5.41, 5.74) is 1.81. The average Bonchev–Trinajstić information content (AvgIpc) is 2.47. The van der Waals surface area contributed by atoms with Crippen molar-refractivity contribution in [1.82, 2.24) is 0 Å². The molecule has 0 aliphatic carbocycles. The minimum atomic E-state index is 0.0648. The Hall–Kier alpha value is -2.31. The molecule has 0 aromatic heterocycles. The number of aromatic hydroxyl groups is 1. The van der Waals surface area contributed by atoms with Gasteiger partial charge in [-0.05, 0) is 24.3 Å². The average molecular weight is 288 g/mol. The molecule has 0 fully saturated rings. The van der Waals surface area contributed by atoms with Gasteiger partial charge in [-0.2, -0.15) is 0 Å². The predicted molar refractivity (Wildman–Crippen MR) is 81.2 cm³/mol. The summed E-state index contributed by atoms with van der Waals surface area (Å²) in [7, 11) is 0. The molecule has 4 heteroatoms. The monoisotopic (exact) mass is 287 g/mol. The second-order valence-corrected chi connectivity index (χ2v) is 4.53. The molecule has 2 aromatic carbocycles. The summed E-state index contributed by atoms with van der Waals surface area (Å²) in [4.78, 5) is 0. The van der Waals surface area contributed by atoms with Crippen LogP contribution in [0.4, 0.5) is 5.69 Å². The highest BCUT2D eigenvalue weighted by Gasteiger charge is 2.04. The van der Waals surface area contributed by atoms with Gasteiger partial charge in [0.1, 0.15) is 18.1 Å². The first kappa shape index (κ1) is 14.1. The molecule has 0 unspecified atom stereocenters. The molecule has 2 aromatic rings.